The van der Waals surface area contributed by atoms with Gasteiger partial charge in [0.2, 0.25) is 5.91 Å². The minimum Gasteiger partial charge on any atom is -0.352 e. The molecule has 2 fully saturated rings. The predicted octanol–water partition coefficient (Wildman–Crippen LogP) is 2.54. The van der Waals surface area contributed by atoms with E-state index in [1.165, 1.54) is 0 Å². The van der Waals surface area contributed by atoms with Crippen LogP contribution >= 0.6 is 0 Å². The molecule has 0 radical (unpaired) electrons. The molecule has 2 aliphatic heterocycles. The van der Waals surface area contributed by atoms with Crippen LogP contribution in [-0.4, -0.2) is 57.2 Å². The molecule has 0 spiro atoms. The highest BCUT2D eigenvalue weighted by Gasteiger charge is 2.40. The van der Waals surface area contributed by atoms with Crippen molar-refractivity contribution >= 4 is 23.3 Å². The van der Waals surface area contributed by atoms with E-state index in [1.807, 2.05) is 37.9 Å². The lowest BCUT2D eigenvalue weighted by Crippen LogP contribution is -2.41. The number of amides is 2. The fourth-order valence-electron chi connectivity index (χ4n) is 4.43. The van der Waals surface area contributed by atoms with Gasteiger partial charge in [0.25, 0.3) is 5.91 Å². The average Bonchev–Trinajstić information content (AvgIpc) is 3.30. The Bertz CT molecular complexity index is 907. The van der Waals surface area contributed by atoms with Crippen LogP contribution in [0, 0.1) is 11.8 Å². The number of nitrogens with one attached hydrogen (secondary N) is 1. The van der Waals surface area contributed by atoms with Crippen LogP contribution in [0.2, 0.25) is 0 Å². The lowest BCUT2D eigenvalue weighted by Gasteiger charge is -2.31. The van der Waals surface area contributed by atoms with Crippen molar-refractivity contribution in [1.29, 1.82) is 0 Å². The van der Waals surface area contributed by atoms with E-state index in [0.717, 1.165) is 38.2 Å². The molecule has 4 heterocycles. The summed E-state index contributed by atoms with van der Waals surface area (Å²) < 4.78 is 1.66. The molecule has 2 atom stereocenters. The molecule has 0 unspecified atom stereocenters. The smallest absolute Gasteiger partial charge is 0.257 e. The maximum Gasteiger partial charge on any atom is 0.257 e. The molecule has 1 N–H and O–H groups in total. The van der Waals surface area contributed by atoms with E-state index in [1.54, 1.807) is 23.3 Å². The Morgan fingerprint density at radius 1 is 1.17 bits per heavy atom. The van der Waals surface area contributed by atoms with Gasteiger partial charge in [-0.15, -0.1) is 0 Å². The second kappa shape index (κ2) is 8.45. The van der Waals surface area contributed by atoms with Crippen molar-refractivity contribution in [2.45, 2.75) is 39.2 Å². The van der Waals surface area contributed by atoms with E-state index >= 15 is 0 Å². The Morgan fingerprint density at radius 3 is 2.67 bits per heavy atom. The molecule has 0 saturated carbocycles. The first-order valence-corrected chi connectivity index (χ1v) is 10.7. The van der Waals surface area contributed by atoms with Crippen LogP contribution in [0.1, 0.15) is 43.5 Å². The minimum absolute atomic E-state index is 0.0141. The summed E-state index contributed by atoms with van der Waals surface area (Å²) in [6.07, 6.45) is 8.55. The van der Waals surface area contributed by atoms with E-state index in [9.17, 15) is 9.59 Å². The van der Waals surface area contributed by atoms with E-state index in [2.05, 4.69) is 20.3 Å². The normalized spacial score (nSPS) is 21.5. The molecule has 2 amide bonds. The summed E-state index contributed by atoms with van der Waals surface area (Å²) in [4.78, 5) is 33.8. The lowest BCUT2D eigenvalue weighted by atomic mass is 9.98. The first kappa shape index (κ1) is 20.4. The van der Waals surface area contributed by atoms with Crippen molar-refractivity contribution in [1.82, 2.24) is 19.7 Å². The van der Waals surface area contributed by atoms with Gasteiger partial charge in [-0.2, -0.15) is 5.10 Å². The molecule has 0 aromatic carbocycles. The maximum absolute atomic E-state index is 12.9. The summed E-state index contributed by atoms with van der Waals surface area (Å²) in [5.74, 6) is 1.31. The van der Waals surface area contributed by atoms with Crippen LogP contribution in [0.15, 0.2) is 30.7 Å². The van der Waals surface area contributed by atoms with Crippen molar-refractivity contribution in [2.24, 2.45) is 18.9 Å². The molecule has 0 aliphatic carbocycles. The Kier molecular flexibility index (Phi) is 5.74. The van der Waals surface area contributed by atoms with Gasteiger partial charge in [-0.1, -0.05) is 20.3 Å². The third-order valence-corrected chi connectivity index (χ3v) is 6.10. The maximum atomic E-state index is 12.9. The summed E-state index contributed by atoms with van der Waals surface area (Å²) in [5.41, 5.74) is 1.35. The number of nitrogens with zero attached hydrogens (tertiary/aromatic N) is 5. The van der Waals surface area contributed by atoms with Gasteiger partial charge < -0.3 is 15.1 Å². The van der Waals surface area contributed by atoms with Gasteiger partial charge in [-0.3, -0.25) is 14.3 Å². The molecule has 2 saturated heterocycles. The topological polar surface area (TPSA) is 83.4 Å². The number of carbonyl (C=O) groups is 2. The lowest BCUT2D eigenvalue weighted by molar-refractivity contribution is -0.118. The number of aromatic nitrogens is 3. The van der Waals surface area contributed by atoms with Gasteiger partial charge in [-0.25, -0.2) is 4.98 Å². The number of pyridine rings is 1. The predicted molar refractivity (Wildman–Crippen MR) is 115 cm³/mol. The highest BCUT2D eigenvalue weighted by Crippen LogP contribution is 2.33. The number of likely N-dealkylation sites (tertiary alicyclic amines) is 1. The summed E-state index contributed by atoms with van der Waals surface area (Å²) in [5, 5.41) is 7.03. The van der Waals surface area contributed by atoms with Crippen LogP contribution in [0.3, 0.4) is 0 Å². The average molecular weight is 411 g/mol. The van der Waals surface area contributed by atoms with Crippen LogP contribution in [0.4, 0.5) is 11.5 Å². The first-order chi connectivity index (χ1) is 14.4. The Labute approximate surface area is 177 Å². The van der Waals surface area contributed by atoms with Gasteiger partial charge in [0.15, 0.2) is 0 Å². The van der Waals surface area contributed by atoms with Crippen LogP contribution in [0.25, 0.3) is 0 Å². The quantitative estimate of drug-likeness (QED) is 0.838. The second-order valence-electron chi connectivity index (χ2n) is 8.68. The minimum atomic E-state index is -0.0714. The molecule has 4 rings (SSSR count). The monoisotopic (exact) mass is 410 g/mol. The molecular formula is C22H30N6O2. The SMILES string of the molecule is CC(C)C(=O)Nc1ccc(N2CCCC[C@@H]3CN(C(=O)c4cnn(C)c4)C[C@@H]32)nc1. The van der Waals surface area contributed by atoms with Crippen LogP contribution in [0.5, 0.6) is 0 Å². The summed E-state index contributed by atoms with van der Waals surface area (Å²) >= 11 is 0. The molecule has 8 heteroatoms. The Hall–Kier alpha value is -2.90. The van der Waals surface area contributed by atoms with Crippen LogP contribution in [-0.2, 0) is 11.8 Å². The molecule has 2 aromatic heterocycles. The number of hydrogen-bond acceptors (Lipinski definition) is 5. The van der Waals surface area contributed by atoms with Crippen molar-refractivity contribution in [3.05, 3.63) is 36.3 Å². The number of hydrogen-bond donors (Lipinski definition) is 1. The first-order valence-electron chi connectivity index (χ1n) is 10.7. The van der Waals surface area contributed by atoms with E-state index in [0.29, 0.717) is 23.7 Å². The largest absolute Gasteiger partial charge is 0.352 e. The zero-order valence-corrected chi connectivity index (χ0v) is 17.9. The molecule has 2 aromatic rings. The van der Waals surface area contributed by atoms with E-state index in [4.69, 9.17) is 0 Å². The number of rotatable bonds is 4. The van der Waals surface area contributed by atoms with E-state index < -0.39 is 0 Å². The fourth-order valence-corrected chi connectivity index (χ4v) is 4.43. The third kappa shape index (κ3) is 4.17. The molecule has 8 nitrogen and oxygen atoms in total. The van der Waals surface area contributed by atoms with Gasteiger partial charge in [0.05, 0.1) is 29.7 Å². The number of carbonyl (C=O) groups excluding carboxylic acids is 2. The number of fused-ring (bicyclic) bond motifs is 1. The Balaban J connectivity index is 1.49. The highest BCUT2D eigenvalue weighted by molar-refractivity contribution is 5.94. The van der Waals surface area contributed by atoms with Crippen molar-refractivity contribution in [3.63, 3.8) is 0 Å². The molecule has 0 bridgehead atoms. The molecule has 160 valence electrons. The highest BCUT2D eigenvalue weighted by atomic mass is 16.2. The van der Waals surface area contributed by atoms with E-state index in [-0.39, 0.29) is 23.8 Å². The second-order valence-corrected chi connectivity index (χ2v) is 8.68. The van der Waals surface area contributed by atoms with Crippen molar-refractivity contribution in [2.75, 3.05) is 29.9 Å². The third-order valence-electron chi connectivity index (χ3n) is 6.10. The fraction of sp³-hybridized carbons (Fsp3) is 0.545. The summed E-state index contributed by atoms with van der Waals surface area (Å²) in [6, 6.07) is 4.15. The standard InChI is InChI=1S/C22H30N6O2/c1-15(2)21(29)25-18-7-8-20(23-11-18)28-9-5-4-6-16-13-27(14-19(16)28)22(30)17-10-24-26(3)12-17/h7-8,10-12,15-16,19H,4-6,9,13-14H2,1-3H3,(H,25,29)/t16-,19+/m1/s1. The molecular weight excluding hydrogens is 380 g/mol. The van der Waals surface area contributed by atoms with Crippen LogP contribution < -0.4 is 10.2 Å². The molecule has 30 heavy (non-hydrogen) atoms. The number of anilines is 2. The molecule has 2 aliphatic rings. The number of aryl methyl sites for hydroxylation is 1. The summed E-state index contributed by atoms with van der Waals surface area (Å²) in [6.45, 7) is 6.14. The zero-order chi connectivity index (χ0) is 21.3. The summed E-state index contributed by atoms with van der Waals surface area (Å²) in [7, 11) is 1.82. The van der Waals surface area contributed by atoms with Gasteiger partial charge >= 0.3 is 0 Å². The van der Waals surface area contributed by atoms with Gasteiger partial charge in [-0.05, 0) is 30.9 Å². The van der Waals surface area contributed by atoms with Gasteiger partial charge in [0.1, 0.15) is 5.82 Å². The Morgan fingerprint density at radius 2 is 2.00 bits per heavy atom. The van der Waals surface area contributed by atoms with Crippen molar-refractivity contribution < 1.29 is 9.59 Å². The van der Waals surface area contributed by atoms with Gasteiger partial charge in [0, 0.05) is 38.8 Å². The van der Waals surface area contributed by atoms with Crippen molar-refractivity contribution in [3.8, 4) is 0 Å². The zero-order valence-electron chi connectivity index (χ0n) is 17.9.